The van der Waals surface area contributed by atoms with Crippen LogP contribution in [0.4, 0.5) is 0 Å². The molecule has 2 rings (SSSR count). The standard InChI is InChI=1S/C16H20ClNOS/c1-11(2)18-9-14-8-13(12(3)20-14)10-19-16-7-5-4-6-15(16)17/h4-8,11,18H,9-10H2,1-3H3. The van der Waals surface area contributed by atoms with Crippen LogP contribution < -0.4 is 10.1 Å². The first-order valence-corrected chi connectivity index (χ1v) is 7.94. The molecule has 4 heteroatoms. The number of para-hydroxylation sites is 1. The van der Waals surface area contributed by atoms with Gasteiger partial charge in [-0.15, -0.1) is 11.3 Å². The maximum atomic E-state index is 6.09. The molecule has 0 unspecified atom stereocenters. The van der Waals surface area contributed by atoms with E-state index in [0.717, 1.165) is 12.3 Å². The monoisotopic (exact) mass is 309 g/mol. The van der Waals surface area contributed by atoms with E-state index in [2.05, 4.69) is 32.2 Å². The summed E-state index contributed by atoms with van der Waals surface area (Å²) >= 11 is 7.91. The highest BCUT2D eigenvalue weighted by Gasteiger charge is 2.08. The SMILES string of the molecule is Cc1sc(CNC(C)C)cc1COc1ccccc1Cl. The molecule has 0 amide bonds. The van der Waals surface area contributed by atoms with Crippen LogP contribution in [0, 0.1) is 6.92 Å². The molecule has 0 radical (unpaired) electrons. The van der Waals surface area contributed by atoms with E-state index in [0.29, 0.717) is 17.7 Å². The van der Waals surface area contributed by atoms with Crippen molar-refractivity contribution < 1.29 is 4.74 Å². The smallest absolute Gasteiger partial charge is 0.138 e. The molecule has 0 fully saturated rings. The van der Waals surface area contributed by atoms with E-state index in [1.807, 2.05) is 35.6 Å². The number of hydrogen-bond donors (Lipinski definition) is 1. The molecule has 0 saturated heterocycles. The van der Waals surface area contributed by atoms with Gasteiger partial charge in [-0.1, -0.05) is 37.6 Å². The lowest BCUT2D eigenvalue weighted by Gasteiger charge is -2.07. The van der Waals surface area contributed by atoms with Crippen molar-refractivity contribution in [1.82, 2.24) is 5.32 Å². The Labute approximate surface area is 129 Å². The fraction of sp³-hybridized carbons (Fsp3) is 0.375. The lowest BCUT2D eigenvalue weighted by atomic mass is 10.2. The summed E-state index contributed by atoms with van der Waals surface area (Å²) in [6.07, 6.45) is 0. The molecule has 2 nitrogen and oxygen atoms in total. The van der Waals surface area contributed by atoms with Crippen molar-refractivity contribution in [1.29, 1.82) is 0 Å². The van der Waals surface area contributed by atoms with Crippen LogP contribution in [0.5, 0.6) is 5.75 Å². The second kappa shape index (κ2) is 7.11. The van der Waals surface area contributed by atoms with Crippen molar-refractivity contribution >= 4 is 22.9 Å². The molecule has 0 bridgehead atoms. The van der Waals surface area contributed by atoms with Crippen LogP contribution in [-0.4, -0.2) is 6.04 Å². The average molecular weight is 310 g/mol. The number of hydrogen-bond acceptors (Lipinski definition) is 3. The van der Waals surface area contributed by atoms with Crippen molar-refractivity contribution in [2.24, 2.45) is 0 Å². The number of nitrogens with one attached hydrogen (secondary N) is 1. The number of aryl methyl sites for hydroxylation is 1. The topological polar surface area (TPSA) is 21.3 Å². The normalized spacial score (nSPS) is 11.1. The molecule has 1 heterocycles. The van der Waals surface area contributed by atoms with Gasteiger partial charge in [0.2, 0.25) is 0 Å². The van der Waals surface area contributed by atoms with Crippen LogP contribution in [0.1, 0.15) is 29.2 Å². The molecular formula is C16H20ClNOS. The van der Waals surface area contributed by atoms with Crippen LogP contribution in [0.2, 0.25) is 5.02 Å². The van der Waals surface area contributed by atoms with Gasteiger partial charge in [-0.3, -0.25) is 0 Å². The molecule has 1 aromatic heterocycles. The molecule has 0 aliphatic heterocycles. The van der Waals surface area contributed by atoms with Crippen LogP contribution >= 0.6 is 22.9 Å². The summed E-state index contributed by atoms with van der Waals surface area (Å²) in [4.78, 5) is 2.64. The maximum Gasteiger partial charge on any atom is 0.138 e. The molecule has 0 aliphatic carbocycles. The third-order valence-corrected chi connectivity index (χ3v) is 4.38. The minimum absolute atomic E-state index is 0.500. The Morgan fingerprint density at radius 3 is 2.75 bits per heavy atom. The molecular weight excluding hydrogens is 290 g/mol. The zero-order valence-corrected chi connectivity index (χ0v) is 13.6. The van der Waals surface area contributed by atoms with Gasteiger partial charge in [-0.05, 0) is 25.1 Å². The van der Waals surface area contributed by atoms with Crippen LogP contribution in [0.3, 0.4) is 0 Å². The Bertz CT molecular complexity index is 565. The van der Waals surface area contributed by atoms with Gasteiger partial charge in [0.15, 0.2) is 0 Å². The third kappa shape index (κ3) is 4.23. The van der Waals surface area contributed by atoms with E-state index in [-0.39, 0.29) is 0 Å². The average Bonchev–Trinajstić information content (AvgIpc) is 2.76. The van der Waals surface area contributed by atoms with Gasteiger partial charge in [-0.25, -0.2) is 0 Å². The maximum absolute atomic E-state index is 6.09. The Morgan fingerprint density at radius 2 is 2.05 bits per heavy atom. The first-order chi connectivity index (χ1) is 9.56. The summed E-state index contributed by atoms with van der Waals surface area (Å²) < 4.78 is 5.80. The third-order valence-electron chi connectivity index (χ3n) is 2.98. The molecule has 20 heavy (non-hydrogen) atoms. The van der Waals surface area contributed by atoms with E-state index in [1.165, 1.54) is 15.3 Å². The van der Waals surface area contributed by atoms with E-state index < -0.39 is 0 Å². The summed E-state index contributed by atoms with van der Waals surface area (Å²) in [5.41, 5.74) is 1.23. The van der Waals surface area contributed by atoms with Gasteiger partial charge < -0.3 is 10.1 Å². The fourth-order valence-corrected chi connectivity index (χ4v) is 3.03. The molecule has 0 aliphatic rings. The molecule has 108 valence electrons. The highest BCUT2D eigenvalue weighted by atomic mass is 35.5. The molecule has 0 spiro atoms. The lowest BCUT2D eigenvalue weighted by Crippen LogP contribution is -2.21. The molecule has 0 saturated carbocycles. The van der Waals surface area contributed by atoms with Crippen LogP contribution in [0.25, 0.3) is 0 Å². The Balaban J connectivity index is 1.98. The minimum Gasteiger partial charge on any atom is -0.487 e. The number of halogens is 1. The fourth-order valence-electron chi connectivity index (χ4n) is 1.84. The summed E-state index contributed by atoms with van der Waals surface area (Å²) in [5.74, 6) is 0.738. The number of ether oxygens (including phenoxy) is 1. The Hall–Kier alpha value is -1.03. The summed E-state index contributed by atoms with van der Waals surface area (Å²) in [5, 5.41) is 4.09. The van der Waals surface area contributed by atoms with Crippen LogP contribution in [-0.2, 0) is 13.2 Å². The second-order valence-electron chi connectivity index (χ2n) is 5.05. The van der Waals surface area contributed by atoms with E-state index >= 15 is 0 Å². The number of thiophene rings is 1. The van der Waals surface area contributed by atoms with Gasteiger partial charge in [0.05, 0.1) is 5.02 Å². The lowest BCUT2D eigenvalue weighted by molar-refractivity contribution is 0.306. The van der Waals surface area contributed by atoms with Gasteiger partial charge >= 0.3 is 0 Å². The van der Waals surface area contributed by atoms with Crippen molar-refractivity contribution in [2.75, 3.05) is 0 Å². The van der Waals surface area contributed by atoms with Crippen molar-refractivity contribution in [3.63, 3.8) is 0 Å². The van der Waals surface area contributed by atoms with Crippen molar-refractivity contribution in [2.45, 2.75) is 40.0 Å². The number of benzene rings is 1. The largest absolute Gasteiger partial charge is 0.487 e. The van der Waals surface area contributed by atoms with E-state index in [4.69, 9.17) is 16.3 Å². The number of rotatable bonds is 6. The first-order valence-electron chi connectivity index (χ1n) is 6.75. The highest BCUT2D eigenvalue weighted by Crippen LogP contribution is 2.27. The van der Waals surface area contributed by atoms with E-state index in [9.17, 15) is 0 Å². The van der Waals surface area contributed by atoms with E-state index in [1.54, 1.807) is 0 Å². The summed E-state index contributed by atoms with van der Waals surface area (Å²) in [7, 11) is 0. The molecule has 2 aromatic rings. The Morgan fingerprint density at radius 1 is 1.30 bits per heavy atom. The molecule has 0 atom stereocenters. The second-order valence-corrected chi connectivity index (χ2v) is 6.80. The predicted molar refractivity (Wildman–Crippen MR) is 86.8 cm³/mol. The first kappa shape index (κ1) is 15.4. The van der Waals surface area contributed by atoms with Crippen LogP contribution in [0.15, 0.2) is 30.3 Å². The molecule has 1 aromatic carbocycles. The van der Waals surface area contributed by atoms with Gasteiger partial charge in [-0.2, -0.15) is 0 Å². The summed E-state index contributed by atoms with van der Waals surface area (Å²) in [6, 6.07) is 10.3. The van der Waals surface area contributed by atoms with Crippen molar-refractivity contribution in [3.05, 3.63) is 50.7 Å². The zero-order valence-electron chi connectivity index (χ0n) is 12.1. The zero-order chi connectivity index (χ0) is 14.5. The highest BCUT2D eigenvalue weighted by molar-refractivity contribution is 7.12. The Kier molecular flexibility index (Phi) is 5.46. The van der Waals surface area contributed by atoms with Crippen molar-refractivity contribution in [3.8, 4) is 5.75 Å². The molecule has 1 N–H and O–H groups in total. The quantitative estimate of drug-likeness (QED) is 0.828. The minimum atomic E-state index is 0.500. The summed E-state index contributed by atoms with van der Waals surface area (Å²) in [6.45, 7) is 7.92. The van der Waals surface area contributed by atoms with Gasteiger partial charge in [0, 0.05) is 27.9 Å². The van der Waals surface area contributed by atoms with Gasteiger partial charge in [0.25, 0.3) is 0 Å². The predicted octanol–water partition coefficient (Wildman–Crippen LogP) is 4.79. The van der Waals surface area contributed by atoms with Gasteiger partial charge in [0.1, 0.15) is 12.4 Å².